The molecule has 2 fully saturated rings. The van der Waals surface area contributed by atoms with Gasteiger partial charge in [0.15, 0.2) is 0 Å². The molecule has 542 valence electrons. The molecular weight excluding hydrogens is 1420 g/mol. The van der Waals surface area contributed by atoms with Gasteiger partial charge in [0.05, 0.1) is 43.4 Å². The molecule has 2 saturated heterocycles. The number of aliphatic hydroxyl groups is 6. The standard InChI is InChI=1S/C31H50O9.C18H27IO6.C13H23O3.3C4H9.Sn/c1-9-24(37-8)21(5)29-30(40-29)27(35)18(2)11-10-12-19(3)28-20(4)13-14-25(38-22(6)32)31(7,36)16-15-23(33)17-26(34)39-28;1-11-5-6-15(24-13(3)20)18(4,23)8-7-14(21)9-16(22)25-17(11)12(2)10-19;1-6-8(3)11(14)13-12(16-13)9(4)10(7-2)15-5;3*1-3-4-2;/h10-14,18,20-21,23-25,27-30,33,35-36H,9,15-17H2,1-8H3;5-6,10-11,14-15,17,21,23H,7-9H2,1-4H3;1,6,8-14H,7H2,2-5H3;3*1,3-4H2,2H3;/b11-10+,14-13+,19-12+;6-5+,12-10+;;;;;/t18-,20+,21-,23-,24+,25+,27+,28-,29+,30+,31-;11-,14+,15-,17-,18+;8-,9-,10+,11+,12+,13+;;;;/m101..../s1. The number of allylic oxidation sites excluding steroid dienone is 2. The number of carbonyl (C=O) groups is 4. The van der Waals surface area contributed by atoms with E-state index in [1.54, 1.807) is 52.4 Å². The number of hydrogen-bond donors (Lipinski definition) is 6. The molecule has 0 bridgehead atoms. The molecule has 0 unspecified atom stereocenters. The third-order valence-corrected chi connectivity index (χ3v) is 34.5. The predicted octanol–water partition coefficient (Wildman–Crippen LogP) is 13.1. The summed E-state index contributed by atoms with van der Waals surface area (Å²) in [5.41, 5.74) is -1.15. The molecule has 0 saturated carbocycles. The van der Waals surface area contributed by atoms with Crippen molar-refractivity contribution < 1.29 is 87.7 Å². The summed E-state index contributed by atoms with van der Waals surface area (Å²) in [6.45, 7) is 32.6. The van der Waals surface area contributed by atoms with Crippen LogP contribution in [0.3, 0.4) is 0 Å². The van der Waals surface area contributed by atoms with E-state index in [4.69, 9.17) is 37.9 Å². The van der Waals surface area contributed by atoms with Crippen molar-refractivity contribution >= 4 is 64.8 Å². The molecule has 0 aromatic heterocycles. The van der Waals surface area contributed by atoms with Crippen LogP contribution < -0.4 is 0 Å². The quantitative estimate of drug-likeness (QED) is 0.00773. The van der Waals surface area contributed by atoms with E-state index in [-0.39, 0.29) is 105 Å². The van der Waals surface area contributed by atoms with E-state index in [2.05, 4.69) is 88.1 Å². The Balaban J connectivity index is 0.000000496. The van der Waals surface area contributed by atoms with Gasteiger partial charge in [-0.2, -0.15) is 0 Å². The fourth-order valence-electron chi connectivity index (χ4n) is 12.8. The van der Waals surface area contributed by atoms with E-state index in [0.29, 0.717) is 5.92 Å². The molecule has 18 nitrogen and oxygen atoms in total. The molecule has 0 amide bonds. The van der Waals surface area contributed by atoms with Crippen LogP contribution in [0.5, 0.6) is 0 Å². The van der Waals surface area contributed by atoms with Gasteiger partial charge in [0, 0.05) is 44.6 Å². The SMILES string of the molecule is CC(=O)O[C@H]1/C=C/[C@H](C)[C@@H](/C(C)=C/I)OC(=O)C[C@H](O)CC[C@@]1(C)O.CCC[CH2][Sn](/[CH]=C/[C@@H](C)[C@H](O)[C@@H]1O[C@H]1[C@H](C)[C@H](CC)OC)([CH2]CCC)[CH2]CCC.CC[C@H](OC)[C@@H](C)[C@@H]1O[C@H]1[C@@H](O)[C@H](C)/C=C/C=C(\C)[C@H]1OC(=O)C[C@H](O)CC[C@@](C)(O)[C@@H](OC(C)=O)/C=C/[C@@H]1C. The monoisotopic (exact) mass is 1550 g/mol. The van der Waals surface area contributed by atoms with Crippen LogP contribution in [0, 0.1) is 35.5 Å². The van der Waals surface area contributed by atoms with Gasteiger partial charge in [-0.05, 0) is 87.2 Å². The minimum atomic E-state index is -2.27. The predicted molar refractivity (Wildman–Crippen MR) is 381 cm³/mol. The van der Waals surface area contributed by atoms with E-state index >= 15 is 0 Å². The fraction of sp³-hybridized carbons (Fsp3) is 0.784. The Kier molecular flexibility index (Phi) is 40.8. The van der Waals surface area contributed by atoms with Crippen LogP contribution in [-0.4, -0.2) is 184 Å². The normalized spacial score (nSPS) is 32.4. The zero-order valence-corrected chi connectivity index (χ0v) is 65.8. The molecule has 22 atom stereocenters. The summed E-state index contributed by atoms with van der Waals surface area (Å²) in [5, 5.41) is 63.8. The molecule has 4 aliphatic rings. The number of cyclic esters (lactones) is 2. The van der Waals surface area contributed by atoms with Crippen LogP contribution in [0.15, 0.2) is 67.9 Å². The van der Waals surface area contributed by atoms with Gasteiger partial charge in [0.1, 0.15) is 41.7 Å². The van der Waals surface area contributed by atoms with Crippen LogP contribution in [0.1, 0.15) is 208 Å². The van der Waals surface area contributed by atoms with Gasteiger partial charge in [-0.15, -0.1) is 0 Å². The van der Waals surface area contributed by atoms with Crippen molar-refractivity contribution in [3.63, 3.8) is 0 Å². The van der Waals surface area contributed by atoms with Gasteiger partial charge in [-0.25, -0.2) is 0 Å². The molecule has 4 heterocycles. The molecule has 0 spiro atoms. The number of epoxide rings is 2. The van der Waals surface area contributed by atoms with Crippen molar-refractivity contribution in [2.24, 2.45) is 35.5 Å². The van der Waals surface area contributed by atoms with Gasteiger partial charge >= 0.3 is 210 Å². The van der Waals surface area contributed by atoms with Crippen LogP contribution in [-0.2, 0) is 57.1 Å². The van der Waals surface area contributed by atoms with Crippen molar-refractivity contribution in [3.8, 4) is 0 Å². The summed E-state index contributed by atoms with van der Waals surface area (Å²) in [6.07, 6.45) is 19.1. The molecule has 0 aliphatic carbocycles. The smallest absolute Gasteiger partial charge is 0.309 e. The van der Waals surface area contributed by atoms with Crippen molar-refractivity contribution in [1.82, 2.24) is 0 Å². The van der Waals surface area contributed by atoms with Crippen LogP contribution in [0.2, 0.25) is 13.3 Å². The Morgan fingerprint density at radius 3 is 1.34 bits per heavy atom. The van der Waals surface area contributed by atoms with Gasteiger partial charge in [0.2, 0.25) is 0 Å². The Bertz CT molecular complexity index is 2390. The fourth-order valence-corrected chi connectivity index (χ4v) is 27.8. The van der Waals surface area contributed by atoms with Crippen molar-refractivity contribution in [2.75, 3.05) is 14.2 Å². The average Bonchev–Trinajstić information content (AvgIpc) is 1.64. The molecule has 20 heteroatoms. The average molecular weight is 1550 g/mol. The first kappa shape index (κ1) is 87.5. The molecule has 0 aromatic carbocycles. The molecular formula is C74H127IO18Sn. The third-order valence-electron chi connectivity index (χ3n) is 19.4. The van der Waals surface area contributed by atoms with E-state index in [1.807, 2.05) is 56.9 Å². The third kappa shape index (κ3) is 30.1. The number of rotatable bonds is 29. The second kappa shape index (κ2) is 43.9. The van der Waals surface area contributed by atoms with E-state index in [0.717, 1.165) is 24.0 Å². The summed E-state index contributed by atoms with van der Waals surface area (Å²) in [7, 11) is 3.47. The van der Waals surface area contributed by atoms with E-state index in [1.165, 1.54) is 65.7 Å². The maximum atomic E-state index is 12.6. The largest absolute Gasteiger partial charge is 0.457 e. The minimum Gasteiger partial charge on any atom is -0.457 e. The summed E-state index contributed by atoms with van der Waals surface area (Å²) in [6, 6.07) is 0. The summed E-state index contributed by atoms with van der Waals surface area (Å²) >= 11 is -0.195. The van der Waals surface area contributed by atoms with Crippen LogP contribution in [0.25, 0.3) is 0 Å². The maximum Gasteiger partial charge on any atom is 0.309 e. The Hall–Kier alpha value is -2.55. The molecule has 4 rings (SSSR count). The molecule has 6 N–H and O–H groups in total. The first-order valence-corrected chi connectivity index (χ1v) is 44.1. The van der Waals surface area contributed by atoms with Gasteiger partial charge < -0.3 is 54.0 Å². The summed E-state index contributed by atoms with van der Waals surface area (Å²) < 4.78 is 53.7. The summed E-state index contributed by atoms with van der Waals surface area (Å²) in [5.74, 6) is -2.06. The Morgan fingerprint density at radius 1 is 0.628 bits per heavy atom. The second-order valence-corrected chi connectivity index (χ2v) is 41.6. The number of methoxy groups -OCH3 is 2. The first-order valence-electron chi connectivity index (χ1n) is 35.1. The van der Waals surface area contributed by atoms with Crippen molar-refractivity contribution in [3.05, 3.63) is 67.9 Å². The topological polar surface area (TPSA) is 270 Å². The number of carbonyl (C=O) groups excluding carboxylic acids is 4. The Morgan fingerprint density at radius 2 is 1.00 bits per heavy atom. The number of hydrogen-bond acceptors (Lipinski definition) is 18. The minimum absolute atomic E-state index is 0.0274. The molecule has 94 heavy (non-hydrogen) atoms. The number of esters is 4. The van der Waals surface area contributed by atoms with Crippen LogP contribution >= 0.6 is 22.6 Å². The van der Waals surface area contributed by atoms with Gasteiger partial charge in [-0.3, -0.25) is 19.2 Å². The maximum absolute atomic E-state index is 12.6. The number of unbranched alkanes of at least 4 members (excludes halogenated alkanes) is 3. The number of aliphatic hydroxyl groups excluding tert-OH is 4. The molecule has 0 aromatic rings. The molecule has 0 radical (unpaired) electrons. The molecule has 4 aliphatic heterocycles. The van der Waals surface area contributed by atoms with Gasteiger partial charge in [0.25, 0.3) is 0 Å². The van der Waals surface area contributed by atoms with E-state index in [9.17, 15) is 49.8 Å². The van der Waals surface area contributed by atoms with Crippen molar-refractivity contribution in [2.45, 2.75) is 318 Å². The summed E-state index contributed by atoms with van der Waals surface area (Å²) in [4.78, 5) is 47.8. The number of ether oxygens (including phenoxy) is 8. The van der Waals surface area contributed by atoms with Gasteiger partial charge in [-0.1, -0.05) is 87.6 Å². The first-order chi connectivity index (χ1) is 44.2. The van der Waals surface area contributed by atoms with E-state index < -0.39 is 102 Å². The zero-order chi connectivity index (χ0) is 71.3. The van der Waals surface area contributed by atoms with Crippen LogP contribution in [0.4, 0.5) is 0 Å². The van der Waals surface area contributed by atoms with Crippen molar-refractivity contribution in [1.29, 1.82) is 0 Å². The number of halogens is 1. The zero-order valence-electron chi connectivity index (χ0n) is 60.8. The second-order valence-electron chi connectivity index (χ2n) is 28.0. The Labute approximate surface area is 583 Å².